The smallest absolute Gasteiger partial charge is 0.273 e. The van der Waals surface area contributed by atoms with Crippen molar-refractivity contribution < 1.29 is 14.8 Å². The van der Waals surface area contributed by atoms with Crippen molar-refractivity contribution in [2.24, 2.45) is 0 Å². The van der Waals surface area contributed by atoms with Crippen LogP contribution in [0.2, 0.25) is 0 Å². The zero-order valence-corrected chi connectivity index (χ0v) is 12.2. The highest BCUT2D eigenvalue weighted by Crippen LogP contribution is 2.19. The number of nitro groups is 1. The van der Waals surface area contributed by atoms with Gasteiger partial charge in [0.15, 0.2) is 0 Å². The van der Waals surface area contributed by atoms with Crippen LogP contribution in [0.1, 0.15) is 0 Å². The van der Waals surface area contributed by atoms with Gasteiger partial charge in [-0.15, -0.1) is 0 Å². The lowest BCUT2D eigenvalue weighted by molar-refractivity contribution is -0.384. The normalized spacial score (nSPS) is 12.2. The predicted molar refractivity (Wildman–Crippen MR) is 84.3 cm³/mol. The van der Waals surface area contributed by atoms with E-state index in [-0.39, 0.29) is 12.3 Å². The first-order valence-corrected chi connectivity index (χ1v) is 7.08. The summed E-state index contributed by atoms with van der Waals surface area (Å²) in [5.74, 6) is 0.355. The fourth-order valence-corrected chi connectivity index (χ4v) is 2.31. The number of nitrogens with zero attached hydrogens (tertiary/aromatic N) is 3. The van der Waals surface area contributed by atoms with Crippen molar-refractivity contribution in [3.05, 3.63) is 65.0 Å². The van der Waals surface area contributed by atoms with E-state index >= 15 is 0 Å². The SMILES string of the molecule is O=[N+]([O-])c1cccc(OCC(O)Cn2cnc3ccccc32)c1. The molecule has 2 aromatic carbocycles. The molecular formula is C16H15N3O4. The van der Waals surface area contributed by atoms with Crippen LogP contribution < -0.4 is 4.74 Å². The molecular weight excluding hydrogens is 298 g/mol. The second-order valence-electron chi connectivity index (χ2n) is 5.10. The molecule has 118 valence electrons. The number of rotatable bonds is 6. The maximum absolute atomic E-state index is 10.7. The molecule has 0 aliphatic carbocycles. The topological polar surface area (TPSA) is 90.4 Å². The number of para-hydroxylation sites is 2. The van der Waals surface area contributed by atoms with Crippen molar-refractivity contribution in [3.8, 4) is 5.75 Å². The van der Waals surface area contributed by atoms with Crippen LogP contribution in [0, 0.1) is 10.1 Å². The highest BCUT2D eigenvalue weighted by atomic mass is 16.6. The molecule has 0 amide bonds. The molecule has 3 rings (SSSR count). The third-order valence-electron chi connectivity index (χ3n) is 3.41. The van der Waals surface area contributed by atoms with Crippen LogP contribution in [0.5, 0.6) is 5.75 Å². The Kier molecular flexibility index (Phi) is 4.20. The summed E-state index contributed by atoms with van der Waals surface area (Å²) in [6, 6.07) is 13.5. The average Bonchev–Trinajstić information content (AvgIpc) is 2.96. The van der Waals surface area contributed by atoms with Gasteiger partial charge in [0.1, 0.15) is 18.5 Å². The maximum atomic E-state index is 10.7. The molecule has 0 saturated heterocycles. The number of fused-ring (bicyclic) bond motifs is 1. The quantitative estimate of drug-likeness (QED) is 0.557. The summed E-state index contributed by atoms with van der Waals surface area (Å²) in [5, 5.41) is 20.8. The second-order valence-corrected chi connectivity index (χ2v) is 5.10. The molecule has 0 fully saturated rings. The van der Waals surface area contributed by atoms with Gasteiger partial charge in [0, 0.05) is 6.07 Å². The highest BCUT2D eigenvalue weighted by Gasteiger charge is 2.11. The minimum absolute atomic E-state index is 0.0354. The molecule has 1 atom stereocenters. The second kappa shape index (κ2) is 6.45. The number of benzene rings is 2. The molecule has 7 heteroatoms. The monoisotopic (exact) mass is 313 g/mol. The molecule has 0 radical (unpaired) electrons. The molecule has 7 nitrogen and oxygen atoms in total. The third kappa shape index (κ3) is 3.46. The molecule has 1 heterocycles. The molecule has 1 N–H and O–H groups in total. The van der Waals surface area contributed by atoms with E-state index in [2.05, 4.69) is 4.98 Å². The third-order valence-corrected chi connectivity index (χ3v) is 3.41. The van der Waals surface area contributed by atoms with Crippen LogP contribution in [0.25, 0.3) is 11.0 Å². The van der Waals surface area contributed by atoms with Crippen LogP contribution in [0.3, 0.4) is 0 Å². The minimum Gasteiger partial charge on any atom is -0.491 e. The molecule has 3 aromatic rings. The van der Waals surface area contributed by atoms with Crippen LogP contribution in [-0.4, -0.2) is 32.3 Å². The van der Waals surface area contributed by atoms with Gasteiger partial charge in [-0.05, 0) is 18.2 Å². The summed E-state index contributed by atoms with van der Waals surface area (Å²) in [6.45, 7) is 0.364. The molecule has 0 saturated carbocycles. The van der Waals surface area contributed by atoms with E-state index in [9.17, 15) is 15.2 Å². The van der Waals surface area contributed by atoms with E-state index in [0.717, 1.165) is 11.0 Å². The number of aliphatic hydroxyl groups is 1. The number of hydrogen-bond donors (Lipinski definition) is 1. The van der Waals surface area contributed by atoms with E-state index in [4.69, 9.17) is 4.74 Å². The number of ether oxygens (including phenoxy) is 1. The Balaban J connectivity index is 1.62. The van der Waals surface area contributed by atoms with E-state index in [1.165, 1.54) is 12.1 Å². The number of aromatic nitrogens is 2. The van der Waals surface area contributed by atoms with Gasteiger partial charge in [-0.2, -0.15) is 0 Å². The number of nitro benzene ring substituents is 1. The van der Waals surface area contributed by atoms with Gasteiger partial charge in [0.25, 0.3) is 5.69 Å². The fraction of sp³-hybridized carbons (Fsp3) is 0.188. The fourth-order valence-electron chi connectivity index (χ4n) is 2.31. The van der Waals surface area contributed by atoms with Gasteiger partial charge in [0.05, 0.1) is 34.9 Å². The first-order chi connectivity index (χ1) is 11.1. The van der Waals surface area contributed by atoms with Gasteiger partial charge in [-0.3, -0.25) is 10.1 Å². The molecule has 0 spiro atoms. The largest absolute Gasteiger partial charge is 0.491 e. The van der Waals surface area contributed by atoms with E-state index < -0.39 is 11.0 Å². The summed E-state index contributed by atoms with van der Waals surface area (Å²) < 4.78 is 7.28. The zero-order chi connectivity index (χ0) is 16.2. The van der Waals surface area contributed by atoms with E-state index in [0.29, 0.717) is 12.3 Å². The van der Waals surface area contributed by atoms with Gasteiger partial charge in [-0.1, -0.05) is 18.2 Å². The number of hydrogen-bond acceptors (Lipinski definition) is 5. The zero-order valence-electron chi connectivity index (χ0n) is 12.2. The number of non-ortho nitro benzene ring substituents is 1. The summed E-state index contributed by atoms with van der Waals surface area (Å²) in [6.07, 6.45) is 0.910. The Morgan fingerprint density at radius 1 is 1.26 bits per heavy atom. The maximum Gasteiger partial charge on any atom is 0.273 e. The van der Waals surface area contributed by atoms with Gasteiger partial charge >= 0.3 is 0 Å². The van der Waals surface area contributed by atoms with Crippen molar-refractivity contribution in [1.82, 2.24) is 9.55 Å². The standard InChI is InChI=1S/C16H15N3O4/c20-13(9-18-11-17-15-6-1-2-7-16(15)18)10-23-14-5-3-4-12(8-14)19(21)22/h1-8,11,13,20H,9-10H2. The Bertz CT molecular complexity index is 831. The van der Waals surface area contributed by atoms with E-state index in [1.54, 1.807) is 18.5 Å². The van der Waals surface area contributed by atoms with Crippen LogP contribution >= 0.6 is 0 Å². The molecule has 1 aromatic heterocycles. The summed E-state index contributed by atoms with van der Waals surface area (Å²) in [4.78, 5) is 14.5. The summed E-state index contributed by atoms with van der Waals surface area (Å²) >= 11 is 0. The first kappa shape index (κ1) is 15.0. The summed E-state index contributed by atoms with van der Waals surface area (Å²) in [5.41, 5.74) is 1.75. The van der Waals surface area contributed by atoms with Crippen LogP contribution in [-0.2, 0) is 6.54 Å². The highest BCUT2D eigenvalue weighted by molar-refractivity contribution is 5.74. The van der Waals surface area contributed by atoms with Crippen LogP contribution in [0.4, 0.5) is 5.69 Å². The Hall–Kier alpha value is -2.93. The lowest BCUT2D eigenvalue weighted by Crippen LogP contribution is -2.23. The average molecular weight is 313 g/mol. The van der Waals surface area contributed by atoms with Gasteiger partial charge in [0.2, 0.25) is 0 Å². The first-order valence-electron chi connectivity index (χ1n) is 7.08. The van der Waals surface area contributed by atoms with Gasteiger partial charge in [-0.25, -0.2) is 4.98 Å². The molecule has 1 unspecified atom stereocenters. The molecule has 0 bridgehead atoms. The minimum atomic E-state index is -0.758. The van der Waals surface area contributed by atoms with Crippen molar-refractivity contribution in [2.45, 2.75) is 12.6 Å². The van der Waals surface area contributed by atoms with Crippen LogP contribution in [0.15, 0.2) is 54.9 Å². The lowest BCUT2D eigenvalue weighted by Gasteiger charge is -2.13. The van der Waals surface area contributed by atoms with Crippen molar-refractivity contribution >= 4 is 16.7 Å². The van der Waals surface area contributed by atoms with Crippen molar-refractivity contribution in [1.29, 1.82) is 0 Å². The lowest BCUT2D eigenvalue weighted by atomic mass is 10.3. The predicted octanol–water partition coefficient (Wildman–Crippen LogP) is 2.38. The summed E-state index contributed by atoms with van der Waals surface area (Å²) in [7, 11) is 0. The Morgan fingerprint density at radius 2 is 2.09 bits per heavy atom. The Morgan fingerprint density at radius 3 is 2.91 bits per heavy atom. The molecule has 23 heavy (non-hydrogen) atoms. The number of aliphatic hydroxyl groups excluding tert-OH is 1. The molecule has 0 aliphatic rings. The Labute approximate surface area is 131 Å². The van der Waals surface area contributed by atoms with Crippen molar-refractivity contribution in [3.63, 3.8) is 0 Å². The van der Waals surface area contributed by atoms with Gasteiger partial charge < -0.3 is 14.4 Å². The number of imidazole rings is 1. The van der Waals surface area contributed by atoms with E-state index in [1.807, 2.05) is 28.8 Å². The van der Waals surface area contributed by atoms with Crippen molar-refractivity contribution in [2.75, 3.05) is 6.61 Å². The molecule has 0 aliphatic heterocycles.